The maximum atomic E-state index is 12.2. The van der Waals surface area contributed by atoms with E-state index < -0.39 is 0 Å². The SMILES string of the molecule is CC(C)C(=O)N1CCC(Oc2ccccc2-c2nc(-c3ccccc3)no2)C1. The van der Waals surface area contributed by atoms with E-state index in [0.717, 1.165) is 24.1 Å². The molecule has 1 aliphatic rings. The fraction of sp³-hybridized carbons (Fsp3) is 0.318. The molecule has 28 heavy (non-hydrogen) atoms. The molecule has 2 heterocycles. The third-order valence-corrected chi connectivity index (χ3v) is 4.82. The van der Waals surface area contributed by atoms with Crippen LogP contribution in [0.3, 0.4) is 0 Å². The zero-order valence-electron chi connectivity index (χ0n) is 16.0. The Hall–Kier alpha value is -3.15. The van der Waals surface area contributed by atoms with Crippen LogP contribution in [0, 0.1) is 5.92 Å². The Balaban J connectivity index is 1.52. The number of para-hydroxylation sites is 1. The highest BCUT2D eigenvalue weighted by atomic mass is 16.5. The van der Waals surface area contributed by atoms with E-state index in [1.807, 2.05) is 73.3 Å². The molecular weight excluding hydrogens is 354 g/mol. The summed E-state index contributed by atoms with van der Waals surface area (Å²) in [6.45, 7) is 5.17. The summed E-state index contributed by atoms with van der Waals surface area (Å²) in [6.07, 6.45) is 0.770. The Bertz CT molecular complexity index is 952. The summed E-state index contributed by atoms with van der Waals surface area (Å²) >= 11 is 0. The van der Waals surface area contributed by atoms with Crippen molar-refractivity contribution in [2.75, 3.05) is 13.1 Å². The van der Waals surface area contributed by atoms with Crippen LogP contribution in [0.4, 0.5) is 0 Å². The van der Waals surface area contributed by atoms with Gasteiger partial charge in [0.1, 0.15) is 11.9 Å². The highest BCUT2D eigenvalue weighted by molar-refractivity contribution is 5.78. The Kier molecular flexibility index (Phi) is 5.10. The number of likely N-dealkylation sites (tertiary alicyclic amines) is 1. The van der Waals surface area contributed by atoms with Gasteiger partial charge in [0.15, 0.2) is 0 Å². The summed E-state index contributed by atoms with van der Waals surface area (Å²) in [5.41, 5.74) is 1.65. The molecule has 1 unspecified atom stereocenters. The molecule has 0 bridgehead atoms. The average molecular weight is 377 g/mol. The molecular formula is C22H23N3O3. The zero-order valence-corrected chi connectivity index (χ0v) is 16.0. The lowest BCUT2D eigenvalue weighted by Crippen LogP contribution is -2.33. The van der Waals surface area contributed by atoms with Gasteiger partial charge in [0.25, 0.3) is 5.89 Å². The summed E-state index contributed by atoms with van der Waals surface area (Å²) in [4.78, 5) is 18.6. The molecule has 3 aromatic rings. The lowest BCUT2D eigenvalue weighted by atomic mass is 10.2. The van der Waals surface area contributed by atoms with Crippen LogP contribution in [-0.2, 0) is 4.79 Å². The summed E-state index contributed by atoms with van der Waals surface area (Å²) in [5, 5.41) is 4.10. The van der Waals surface area contributed by atoms with Crippen molar-refractivity contribution in [3.05, 3.63) is 54.6 Å². The van der Waals surface area contributed by atoms with Gasteiger partial charge in [-0.25, -0.2) is 0 Å². The third-order valence-electron chi connectivity index (χ3n) is 4.82. The van der Waals surface area contributed by atoms with E-state index in [4.69, 9.17) is 9.26 Å². The van der Waals surface area contributed by atoms with Gasteiger partial charge in [-0.2, -0.15) is 4.98 Å². The number of hydrogen-bond acceptors (Lipinski definition) is 5. The molecule has 2 aromatic carbocycles. The van der Waals surface area contributed by atoms with E-state index in [-0.39, 0.29) is 17.9 Å². The second-order valence-corrected chi connectivity index (χ2v) is 7.25. The van der Waals surface area contributed by atoms with Crippen LogP contribution >= 0.6 is 0 Å². The number of amides is 1. The number of benzene rings is 2. The van der Waals surface area contributed by atoms with Crippen LogP contribution in [0.25, 0.3) is 22.8 Å². The predicted molar refractivity (Wildman–Crippen MR) is 106 cm³/mol. The molecule has 0 aliphatic carbocycles. The lowest BCUT2D eigenvalue weighted by Gasteiger charge is -2.19. The molecule has 1 aromatic heterocycles. The quantitative estimate of drug-likeness (QED) is 0.671. The molecule has 0 spiro atoms. The molecule has 0 radical (unpaired) electrons. The molecule has 1 fully saturated rings. The monoisotopic (exact) mass is 377 g/mol. The van der Waals surface area contributed by atoms with Gasteiger partial charge in [0.2, 0.25) is 11.7 Å². The van der Waals surface area contributed by atoms with Gasteiger partial charge in [-0.3, -0.25) is 4.79 Å². The number of ether oxygens (including phenoxy) is 1. The fourth-order valence-electron chi connectivity index (χ4n) is 3.35. The number of carbonyl (C=O) groups is 1. The van der Waals surface area contributed by atoms with Crippen LogP contribution in [0.15, 0.2) is 59.1 Å². The molecule has 0 saturated carbocycles. The van der Waals surface area contributed by atoms with Crippen molar-refractivity contribution >= 4 is 5.91 Å². The Morgan fingerprint density at radius 3 is 2.68 bits per heavy atom. The number of nitrogens with zero attached hydrogens (tertiary/aromatic N) is 3. The van der Waals surface area contributed by atoms with Gasteiger partial charge >= 0.3 is 0 Å². The molecule has 4 rings (SSSR count). The number of rotatable bonds is 5. The Morgan fingerprint density at radius 1 is 1.14 bits per heavy atom. The number of carbonyl (C=O) groups excluding carboxylic acids is 1. The minimum atomic E-state index is -0.0413. The Labute approximate surface area is 164 Å². The van der Waals surface area contributed by atoms with Crippen molar-refractivity contribution < 1.29 is 14.1 Å². The molecule has 144 valence electrons. The van der Waals surface area contributed by atoms with Gasteiger partial charge < -0.3 is 14.2 Å². The second kappa shape index (κ2) is 7.84. The van der Waals surface area contributed by atoms with Crippen LogP contribution in [0.5, 0.6) is 5.75 Å². The molecule has 1 aliphatic heterocycles. The van der Waals surface area contributed by atoms with Crippen molar-refractivity contribution in [2.45, 2.75) is 26.4 Å². The topological polar surface area (TPSA) is 68.5 Å². The first-order chi connectivity index (χ1) is 13.6. The number of hydrogen-bond donors (Lipinski definition) is 0. The smallest absolute Gasteiger partial charge is 0.262 e. The molecule has 0 N–H and O–H groups in total. The first-order valence-electron chi connectivity index (χ1n) is 9.56. The Morgan fingerprint density at radius 2 is 1.89 bits per heavy atom. The van der Waals surface area contributed by atoms with Gasteiger partial charge in [-0.1, -0.05) is 61.5 Å². The second-order valence-electron chi connectivity index (χ2n) is 7.25. The first kappa shape index (κ1) is 18.2. The molecule has 1 saturated heterocycles. The van der Waals surface area contributed by atoms with Gasteiger partial charge in [0.05, 0.1) is 12.1 Å². The van der Waals surface area contributed by atoms with E-state index in [2.05, 4.69) is 10.1 Å². The van der Waals surface area contributed by atoms with Gasteiger partial charge in [-0.05, 0) is 12.1 Å². The van der Waals surface area contributed by atoms with Crippen molar-refractivity contribution in [3.63, 3.8) is 0 Å². The summed E-state index contributed by atoms with van der Waals surface area (Å²) in [7, 11) is 0. The standard InChI is InChI=1S/C22H23N3O3/c1-15(2)22(26)25-13-12-17(14-25)27-19-11-7-6-10-18(19)21-23-20(24-28-21)16-8-4-3-5-9-16/h3-11,15,17H,12-14H2,1-2H3. The summed E-state index contributed by atoms with van der Waals surface area (Å²) in [6, 6.07) is 17.3. The molecule has 1 amide bonds. The molecule has 1 atom stereocenters. The van der Waals surface area contributed by atoms with Crippen LogP contribution < -0.4 is 4.74 Å². The highest BCUT2D eigenvalue weighted by Gasteiger charge is 2.29. The van der Waals surface area contributed by atoms with Crippen molar-refractivity contribution in [1.29, 1.82) is 0 Å². The average Bonchev–Trinajstić information content (AvgIpc) is 3.38. The normalized spacial score (nSPS) is 16.5. The minimum absolute atomic E-state index is 0.000775. The van der Waals surface area contributed by atoms with Gasteiger partial charge in [0, 0.05) is 24.4 Å². The zero-order chi connectivity index (χ0) is 19.5. The fourth-order valence-corrected chi connectivity index (χ4v) is 3.35. The molecule has 6 nitrogen and oxygen atoms in total. The van der Waals surface area contributed by atoms with Crippen LogP contribution in [0.1, 0.15) is 20.3 Å². The maximum Gasteiger partial charge on any atom is 0.262 e. The van der Waals surface area contributed by atoms with Crippen molar-refractivity contribution in [2.24, 2.45) is 5.92 Å². The minimum Gasteiger partial charge on any atom is -0.488 e. The van der Waals surface area contributed by atoms with Crippen LogP contribution in [0.2, 0.25) is 0 Å². The first-order valence-corrected chi connectivity index (χ1v) is 9.56. The van der Waals surface area contributed by atoms with E-state index in [1.54, 1.807) is 0 Å². The summed E-state index contributed by atoms with van der Waals surface area (Å²) < 4.78 is 11.7. The third kappa shape index (κ3) is 3.76. The van der Waals surface area contributed by atoms with Gasteiger partial charge in [-0.15, -0.1) is 0 Å². The lowest BCUT2D eigenvalue weighted by molar-refractivity contribution is -0.133. The number of aromatic nitrogens is 2. The van der Waals surface area contributed by atoms with Crippen molar-refractivity contribution in [1.82, 2.24) is 15.0 Å². The van der Waals surface area contributed by atoms with E-state index in [0.29, 0.717) is 24.0 Å². The van der Waals surface area contributed by atoms with E-state index in [9.17, 15) is 4.79 Å². The highest BCUT2D eigenvalue weighted by Crippen LogP contribution is 2.32. The molecule has 6 heteroatoms. The maximum absolute atomic E-state index is 12.2. The summed E-state index contributed by atoms with van der Waals surface area (Å²) in [5.74, 6) is 1.82. The van der Waals surface area contributed by atoms with Crippen LogP contribution in [-0.4, -0.2) is 40.1 Å². The predicted octanol–water partition coefficient (Wildman–Crippen LogP) is 4.04. The van der Waals surface area contributed by atoms with E-state index >= 15 is 0 Å². The van der Waals surface area contributed by atoms with E-state index in [1.165, 1.54) is 0 Å². The largest absolute Gasteiger partial charge is 0.488 e. The van der Waals surface area contributed by atoms with Crippen molar-refractivity contribution in [3.8, 4) is 28.6 Å².